The molecule has 1 unspecified atom stereocenters. The molecule has 2 rings (SSSR count). The molecule has 0 fully saturated rings. The van der Waals surface area contributed by atoms with Crippen LogP contribution in [-0.2, 0) is 13.0 Å². The van der Waals surface area contributed by atoms with E-state index in [2.05, 4.69) is 27.3 Å². The molecule has 1 aromatic rings. The molecule has 6 heteroatoms. The first-order chi connectivity index (χ1) is 9.85. The van der Waals surface area contributed by atoms with Crippen molar-refractivity contribution in [2.24, 2.45) is 0 Å². The van der Waals surface area contributed by atoms with Crippen molar-refractivity contribution in [2.75, 3.05) is 6.61 Å². The fourth-order valence-corrected chi connectivity index (χ4v) is 3.02. The largest absolute Gasteiger partial charge is 0.493 e. The van der Waals surface area contributed by atoms with Gasteiger partial charge in [0.25, 0.3) is 0 Å². The summed E-state index contributed by atoms with van der Waals surface area (Å²) in [4.78, 5) is 0. The van der Waals surface area contributed by atoms with E-state index in [9.17, 15) is 13.2 Å². The van der Waals surface area contributed by atoms with Crippen LogP contribution in [0.4, 0.5) is 13.2 Å². The number of hydrogen-bond acceptors (Lipinski definition) is 2. The zero-order valence-electron chi connectivity index (χ0n) is 11.9. The third-order valence-corrected chi connectivity index (χ3v) is 4.02. The van der Waals surface area contributed by atoms with Crippen LogP contribution in [-0.4, -0.2) is 18.8 Å². The molecule has 0 bridgehead atoms. The van der Waals surface area contributed by atoms with Crippen LogP contribution in [0, 0.1) is 0 Å². The van der Waals surface area contributed by atoms with Crippen molar-refractivity contribution < 1.29 is 17.9 Å². The standard InChI is InChI=1S/C15H19BrF3NO/c1-10(3-2-5-15(17,18)19)20-9-12-8-13(16)7-11-4-6-21-14(11)12/h7-8,10,20H,2-6,9H2,1H3. The van der Waals surface area contributed by atoms with Gasteiger partial charge in [0.05, 0.1) is 6.61 Å². The highest BCUT2D eigenvalue weighted by atomic mass is 79.9. The molecule has 1 heterocycles. The van der Waals surface area contributed by atoms with Crippen LogP contribution >= 0.6 is 15.9 Å². The fourth-order valence-electron chi connectivity index (χ4n) is 2.47. The van der Waals surface area contributed by atoms with E-state index in [-0.39, 0.29) is 12.5 Å². The number of alkyl halides is 3. The molecule has 21 heavy (non-hydrogen) atoms. The molecule has 1 aromatic carbocycles. The number of halogens is 4. The Kier molecular flexibility index (Phi) is 5.54. The fraction of sp³-hybridized carbons (Fsp3) is 0.600. The number of hydrogen-bond donors (Lipinski definition) is 1. The van der Waals surface area contributed by atoms with Gasteiger partial charge in [-0.25, -0.2) is 0 Å². The van der Waals surface area contributed by atoms with Gasteiger partial charge in [-0.3, -0.25) is 0 Å². The van der Waals surface area contributed by atoms with Gasteiger partial charge in [0.1, 0.15) is 5.75 Å². The summed E-state index contributed by atoms with van der Waals surface area (Å²) >= 11 is 3.48. The third-order valence-electron chi connectivity index (χ3n) is 3.56. The van der Waals surface area contributed by atoms with Crippen molar-refractivity contribution in [3.05, 3.63) is 27.7 Å². The molecule has 1 atom stereocenters. The first kappa shape index (κ1) is 16.6. The molecule has 0 radical (unpaired) electrons. The van der Waals surface area contributed by atoms with Crippen LogP contribution in [0.15, 0.2) is 16.6 Å². The minimum atomic E-state index is -4.06. The maximum absolute atomic E-state index is 12.1. The van der Waals surface area contributed by atoms with Crippen LogP contribution in [0.1, 0.15) is 37.3 Å². The van der Waals surface area contributed by atoms with Crippen molar-refractivity contribution in [3.63, 3.8) is 0 Å². The molecule has 1 N–H and O–H groups in total. The van der Waals surface area contributed by atoms with Crippen molar-refractivity contribution in [1.82, 2.24) is 5.32 Å². The van der Waals surface area contributed by atoms with Gasteiger partial charge in [-0.15, -0.1) is 0 Å². The lowest BCUT2D eigenvalue weighted by molar-refractivity contribution is -0.135. The zero-order chi connectivity index (χ0) is 15.5. The summed E-state index contributed by atoms with van der Waals surface area (Å²) in [6.45, 7) is 3.21. The summed E-state index contributed by atoms with van der Waals surface area (Å²) in [5.74, 6) is 0.924. The predicted molar refractivity (Wildman–Crippen MR) is 79.5 cm³/mol. The van der Waals surface area contributed by atoms with E-state index in [0.29, 0.717) is 19.6 Å². The molecule has 0 aliphatic carbocycles. The van der Waals surface area contributed by atoms with E-state index in [4.69, 9.17) is 4.74 Å². The predicted octanol–water partition coefficient (Wildman–Crippen LogP) is 4.59. The molecule has 0 amide bonds. The highest BCUT2D eigenvalue weighted by Crippen LogP contribution is 2.33. The van der Waals surface area contributed by atoms with Gasteiger partial charge in [-0.2, -0.15) is 13.2 Å². The summed E-state index contributed by atoms with van der Waals surface area (Å²) < 4.78 is 43.0. The maximum atomic E-state index is 12.1. The Labute approximate surface area is 131 Å². The first-order valence-corrected chi connectivity index (χ1v) is 7.88. The third kappa shape index (κ3) is 5.18. The molecule has 0 saturated heterocycles. The van der Waals surface area contributed by atoms with Crippen LogP contribution in [0.25, 0.3) is 0 Å². The van der Waals surface area contributed by atoms with Gasteiger partial charge in [0.15, 0.2) is 0 Å². The molecular weight excluding hydrogens is 347 g/mol. The highest BCUT2D eigenvalue weighted by molar-refractivity contribution is 9.10. The van der Waals surface area contributed by atoms with Gasteiger partial charge in [-0.05, 0) is 37.5 Å². The Balaban J connectivity index is 1.83. The quantitative estimate of drug-likeness (QED) is 0.795. The molecule has 118 valence electrons. The topological polar surface area (TPSA) is 21.3 Å². The minimum Gasteiger partial charge on any atom is -0.493 e. The average Bonchev–Trinajstić information content (AvgIpc) is 2.82. The highest BCUT2D eigenvalue weighted by Gasteiger charge is 2.26. The molecule has 1 aliphatic rings. The van der Waals surface area contributed by atoms with Crippen molar-refractivity contribution >= 4 is 15.9 Å². The van der Waals surface area contributed by atoms with Gasteiger partial charge < -0.3 is 10.1 Å². The lowest BCUT2D eigenvalue weighted by atomic mass is 10.1. The number of nitrogens with one attached hydrogen (secondary N) is 1. The molecular formula is C15H19BrF3NO. The zero-order valence-corrected chi connectivity index (χ0v) is 13.5. The Morgan fingerprint density at radius 1 is 1.38 bits per heavy atom. The van der Waals surface area contributed by atoms with Gasteiger partial charge in [0, 0.05) is 35.5 Å². The first-order valence-electron chi connectivity index (χ1n) is 7.09. The van der Waals surface area contributed by atoms with Crippen LogP contribution in [0.2, 0.25) is 0 Å². The molecule has 0 aromatic heterocycles. The molecule has 0 spiro atoms. The monoisotopic (exact) mass is 365 g/mol. The van der Waals surface area contributed by atoms with Crippen LogP contribution < -0.4 is 10.1 Å². The van der Waals surface area contributed by atoms with E-state index in [1.807, 2.05) is 13.0 Å². The second-order valence-electron chi connectivity index (χ2n) is 5.44. The lowest BCUT2D eigenvalue weighted by Crippen LogP contribution is -2.26. The summed E-state index contributed by atoms with van der Waals surface area (Å²) in [5, 5.41) is 3.27. The molecule has 2 nitrogen and oxygen atoms in total. The number of benzene rings is 1. The van der Waals surface area contributed by atoms with Crippen molar-refractivity contribution in [3.8, 4) is 5.75 Å². The van der Waals surface area contributed by atoms with Gasteiger partial charge >= 0.3 is 6.18 Å². The second-order valence-corrected chi connectivity index (χ2v) is 6.36. The van der Waals surface area contributed by atoms with Gasteiger partial charge in [0.2, 0.25) is 0 Å². The second kappa shape index (κ2) is 7.01. The Morgan fingerprint density at radius 3 is 2.86 bits per heavy atom. The van der Waals surface area contributed by atoms with E-state index >= 15 is 0 Å². The normalized spacial score (nSPS) is 15.7. The Morgan fingerprint density at radius 2 is 2.14 bits per heavy atom. The van der Waals surface area contributed by atoms with Crippen LogP contribution in [0.3, 0.4) is 0 Å². The van der Waals surface area contributed by atoms with Gasteiger partial charge in [-0.1, -0.05) is 15.9 Å². The Hall–Kier alpha value is -0.750. The average molecular weight is 366 g/mol. The maximum Gasteiger partial charge on any atom is 0.389 e. The summed E-state index contributed by atoms with van der Waals surface area (Å²) in [6.07, 6.45) is -3.20. The van der Waals surface area contributed by atoms with E-state index in [1.165, 1.54) is 5.56 Å². The SMILES string of the molecule is CC(CCCC(F)(F)F)NCc1cc(Br)cc2c1OCC2. The van der Waals surface area contributed by atoms with E-state index in [1.54, 1.807) is 0 Å². The van der Waals surface area contributed by atoms with Crippen molar-refractivity contribution in [1.29, 1.82) is 0 Å². The summed E-state index contributed by atoms with van der Waals surface area (Å²) in [7, 11) is 0. The number of ether oxygens (including phenoxy) is 1. The smallest absolute Gasteiger partial charge is 0.389 e. The van der Waals surface area contributed by atoms with E-state index in [0.717, 1.165) is 22.2 Å². The molecule has 1 aliphatic heterocycles. The minimum absolute atomic E-state index is 0.0448. The molecule has 0 saturated carbocycles. The van der Waals surface area contributed by atoms with E-state index < -0.39 is 12.6 Å². The van der Waals surface area contributed by atoms with Crippen molar-refractivity contribution in [2.45, 2.75) is 51.4 Å². The summed E-state index contributed by atoms with van der Waals surface area (Å²) in [5.41, 5.74) is 2.24. The number of fused-ring (bicyclic) bond motifs is 1. The number of rotatable bonds is 6. The summed E-state index contributed by atoms with van der Waals surface area (Å²) in [6, 6.07) is 4.10. The Bertz CT molecular complexity index is 491. The lowest BCUT2D eigenvalue weighted by Gasteiger charge is -2.16. The van der Waals surface area contributed by atoms with Crippen LogP contribution in [0.5, 0.6) is 5.75 Å².